The Morgan fingerprint density at radius 1 is 1.39 bits per heavy atom. The molecule has 2 atom stereocenters. The van der Waals surface area contributed by atoms with Crippen LogP contribution in [0.4, 0.5) is 0 Å². The third kappa shape index (κ3) is 2.04. The Bertz CT molecular complexity index is 603. The number of hydrogen-bond donors (Lipinski definition) is 1. The highest BCUT2D eigenvalue weighted by atomic mass is 16.3. The lowest BCUT2D eigenvalue weighted by atomic mass is 9.93. The molecule has 0 bridgehead atoms. The molecule has 1 aromatic heterocycles. The summed E-state index contributed by atoms with van der Waals surface area (Å²) in [6.07, 6.45) is 1.18. The van der Waals surface area contributed by atoms with Crippen LogP contribution in [0.1, 0.15) is 37.3 Å². The van der Waals surface area contributed by atoms with E-state index in [0.29, 0.717) is 24.5 Å². The summed E-state index contributed by atoms with van der Waals surface area (Å²) >= 11 is 0. The average Bonchev–Trinajstić information content (AvgIpc) is 2.66. The Balaban J connectivity index is 1.95. The van der Waals surface area contributed by atoms with Crippen LogP contribution in [0.2, 0.25) is 0 Å². The second-order valence-electron chi connectivity index (χ2n) is 5.03. The first-order valence-electron chi connectivity index (χ1n) is 6.26. The standard InChI is InChI=1S/C14H16N2O2/c1-8-5-11(17)7-13(15-8)10-3-4-12-14(6-10)18-9(2)16-12/h3-4,6,8,13,15H,5,7H2,1-2H3. The number of aryl methyl sites for hydroxylation is 1. The van der Waals surface area contributed by atoms with E-state index in [4.69, 9.17) is 4.42 Å². The van der Waals surface area contributed by atoms with Crippen molar-refractivity contribution in [3.05, 3.63) is 29.7 Å². The van der Waals surface area contributed by atoms with Gasteiger partial charge in [0.1, 0.15) is 11.3 Å². The van der Waals surface area contributed by atoms with Crippen molar-refractivity contribution in [3.63, 3.8) is 0 Å². The molecule has 2 unspecified atom stereocenters. The minimum Gasteiger partial charge on any atom is -0.441 e. The largest absolute Gasteiger partial charge is 0.441 e. The molecule has 0 amide bonds. The minimum atomic E-state index is 0.0936. The van der Waals surface area contributed by atoms with Gasteiger partial charge in [-0.3, -0.25) is 4.79 Å². The Kier molecular flexibility index (Phi) is 2.67. The first kappa shape index (κ1) is 11.4. The average molecular weight is 244 g/mol. The molecule has 18 heavy (non-hydrogen) atoms. The number of benzene rings is 1. The van der Waals surface area contributed by atoms with E-state index in [2.05, 4.69) is 10.3 Å². The molecule has 1 aliphatic rings. The SMILES string of the molecule is Cc1nc2ccc(C3CC(=O)CC(C)N3)cc2o1. The van der Waals surface area contributed by atoms with Gasteiger partial charge in [0.25, 0.3) is 0 Å². The molecule has 1 fully saturated rings. The number of nitrogens with one attached hydrogen (secondary N) is 1. The predicted octanol–water partition coefficient (Wildman–Crippen LogP) is 2.52. The predicted molar refractivity (Wildman–Crippen MR) is 68.3 cm³/mol. The van der Waals surface area contributed by atoms with Crippen molar-refractivity contribution < 1.29 is 9.21 Å². The number of hydrogen-bond acceptors (Lipinski definition) is 4. The maximum atomic E-state index is 11.6. The summed E-state index contributed by atoms with van der Waals surface area (Å²) in [5.74, 6) is 0.989. The monoisotopic (exact) mass is 244 g/mol. The van der Waals surface area contributed by atoms with Crippen molar-refractivity contribution in [1.82, 2.24) is 10.3 Å². The Labute approximate surface area is 105 Å². The highest BCUT2D eigenvalue weighted by molar-refractivity contribution is 5.81. The summed E-state index contributed by atoms with van der Waals surface area (Å²) in [6.45, 7) is 3.88. The number of aromatic nitrogens is 1. The second kappa shape index (κ2) is 4.21. The summed E-state index contributed by atoms with van der Waals surface area (Å²) in [5.41, 5.74) is 2.75. The summed E-state index contributed by atoms with van der Waals surface area (Å²) in [7, 11) is 0. The molecule has 2 aromatic rings. The van der Waals surface area contributed by atoms with Gasteiger partial charge < -0.3 is 9.73 Å². The molecule has 1 aliphatic heterocycles. The summed E-state index contributed by atoms with van der Waals surface area (Å²) < 4.78 is 5.53. The van der Waals surface area contributed by atoms with Crippen LogP contribution in [0.25, 0.3) is 11.1 Å². The van der Waals surface area contributed by atoms with Gasteiger partial charge in [-0.25, -0.2) is 4.98 Å². The Morgan fingerprint density at radius 2 is 2.22 bits per heavy atom. The molecule has 1 saturated heterocycles. The molecule has 0 aliphatic carbocycles. The van der Waals surface area contributed by atoms with E-state index in [1.54, 1.807) is 0 Å². The Hall–Kier alpha value is -1.68. The number of Topliss-reactive ketones (excluding diaryl/α,β-unsaturated/α-hetero) is 1. The molecule has 0 spiro atoms. The van der Waals surface area contributed by atoms with Gasteiger partial charge in [-0.2, -0.15) is 0 Å². The Morgan fingerprint density at radius 3 is 3.00 bits per heavy atom. The van der Waals surface area contributed by atoms with E-state index in [-0.39, 0.29) is 12.1 Å². The molecular weight excluding hydrogens is 228 g/mol. The van der Waals surface area contributed by atoms with E-state index < -0.39 is 0 Å². The van der Waals surface area contributed by atoms with Crippen LogP contribution in [-0.4, -0.2) is 16.8 Å². The maximum absolute atomic E-state index is 11.6. The number of oxazole rings is 1. The van der Waals surface area contributed by atoms with Crippen molar-refractivity contribution in [3.8, 4) is 0 Å². The number of rotatable bonds is 1. The molecule has 94 valence electrons. The van der Waals surface area contributed by atoms with E-state index >= 15 is 0 Å². The van der Waals surface area contributed by atoms with Gasteiger partial charge in [0, 0.05) is 31.8 Å². The second-order valence-corrected chi connectivity index (χ2v) is 5.03. The highest BCUT2D eigenvalue weighted by Gasteiger charge is 2.25. The number of nitrogens with zero attached hydrogens (tertiary/aromatic N) is 1. The van der Waals surface area contributed by atoms with Gasteiger partial charge in [0.05, 0.1) is 0 Å². The fraction of sp³-hybridized carbons (Fsp3) is 0.429. The van der Waals surface area contributed by atoms with Crippen LogP contribution in [-0.2, 0) is 4.79 Å². The quantitative estimate of drug-likeness (QED) is 0.837. The number of fused-ring (bicyclic) bond motifs is 1. The van der Waals surface area contributed by atoms with Crippen LogP contribution >= 0.6 is 0 Å². The number of carbonyl (C=O) groups is 1. The lowest BCUT2D eigenvalue weighted by Crippen LogP contribution is -2.38. The molecule has 0 radical (unpaired) electrons. The van der Waals surface area contributed by atoms with Crippen molar-refractivity contribution in [2.24, 2.45) is 0 Å². The van der Waals surface area contributed by atoms with E-state index in [9.17, 15) is 4.79 Å². The van der Waals surface area contributed by atoms with Crippen LogP contribution in [0.15, 0.2) is 22.6 Å². The number of piperidine rings is 1. The van der Waals surface area contributed by atoms with Gasteiger partial charge in [-0.1, -0.05) is 6.07 Å². The fourth-order valence-corrected chi connectivity index (χ4v) is 2.60. The molecule has 3 rings (SSSR count). The van der Waals surface area contributed by atoms with Crippen LogP contribution in [0.5, 0.6) is 0 Å². The van der Waals surface area contributed by atoms with Crippen molar-refractivity contribution in [1.29, 1.82) is 0 Å². The minimum absolute atomic E-state index is 0.0936. The summed E-state index contributed by atoms with van der Waals surface area (Å²) in [4.78, 5) is 15.9. The lowest BCUT2D eigenvalue weighted by Gasteiger charge is -2.28. The highest BCUT2D eigenvalue weighted by Crippen LogP contribution is 2.26. The number of carbonyl (C=O) groups excluding carboxylic acids is 1. The van der Waals surface area contributed by atoms with Gasteiger partial charge in [-0.15, -0.1) is 0 Å². The molecule has 0 saturated carbocycles. The zero-order valence-electron chi connectivity index (χ0n) is 10.6. The normalized spacial score (nSPS) is 24.7. The van der Waals surface area contributed by atoms with E-state index in [1.165, 1.54) is 0 Å². The lowest BCUT2D eigenvalue weighted by molar-refractivity contribution is -0.121. The van der Waals surface area contributed by atoms with Crippen LogP contribution in [0, 0.1) is 6.92 Å². The third-order valence-electron chi connectivity index (χ3n) is 3.37. The molecule has 4 nitrogen and oxygen atoms in total. The first-order valence-corrected chi connectivity index (χ1v) is 6.26. The zero-order chi connectivity index (χ0) is 12.7. The molecular formula is C14H16N2O2. The maximum Gasteiger partial charge on any atom is 0.192 e. The smallest absolute Gasteiger partial charge is 0.192 e. The van der Waals surface area contributed by atoms with Crippen LogP contribution < -0.4 is 5.32 Å². The van der Waals surface area contributed by atoms with Crippen LogP contribution in [0.3, 0.4) is 0 Å². The summed E-state index contributed by atoms with van der Waals surface area (Å²) in [5, 5.41) is 3.45. The molecule has 2 heterocycles. The van der Waals surface area contributed by atoms with Gasteiger partial charge in [-0.05, 0) is 24.6 Å². The van der Waals surface area contributed by atoms with Crippen molar-refractivity contribution >= 4 is 16.9 Å². The first-order chi connectivity index (χ1) is 8.61. The zero-order valence-corrected chi connectivity index (χ0v) is 10.6. The molecule has 1 N–H and O–H groups in total. The van der Waals surface area contributed by atoms with Gasteiger partial charge >= 0.3 is 0 Å². The van der Waals surface area contributed by atoms with Gasteiger partial charge in [0.2, 0.25) is 0 Å². The van der Waals surface area contributed by atoms with E-state index in [1.807, 2.05) is 32.0 Å². The molecule has 1 aromatic carbocycles. The number of ketones is 1. The van der Waals surface area contributed by atoms with Gasteiger partial charge in [0.15, 0.2) is 11.5 Å². The van der Waals surface area contributed by atoms with Crippen molar-refractivity contribution in [2.45, 2.75) is 38.8 Å². The van der Waals surface area contributed by atoms with E-state index in [0.717, 1.165) is 16.7 Å². The third-order valence-corrected chi connectivity index (χ3v) is 3.37. The molecule has 4 heteroatoms. The van der Waals surface area contributed by atoms with Crippen molar-refractivity contribution in [2.75, 3.05) is 0 Å². The summed E-state index contributed by atoms with van der Waals surface area (Å²) in [6, 6.07) is 6.29. The topological polar surface area (TPSA) is 55.1 Å². The fourth-order valence-electron chi connectivity index (χ4n) is 2.60.